The molecule has 0 fully saturated rings. The lowest BCUT2D eigenvalue weighted by atomic mass is 9.93. The molecule has 0 N–H and O–H groups in total. The average molecular weight is 702 g/mol. The van der Waals surface area contributed by atoms with E-state index in [0.29, 0.717) is 17.5 Å². The molecule has 0 radical (unpaired) electrons. The second kappa shape index (κ2) is 12.6. The molecule has 0 bridgehead atoms. The van der Waals surface area contributed by atoms with E-state index in [0.717, 1.165) is 55.6 Å². The van der Waals surface area contributed by atoms with Crippen LogP contribution in [0.3, 0.4) is 0 Å². The monoisotopic (exact) mass is 701 g/mol. The number of benzene rings is 8. The van der Waals surface area contributed by atoms with E-state index < -0.39 is 0 Å². The van der Waals surface area contributed by atoms with Gasteiger partial charge in [0.15, 0.2) is 17.5 Å². The van der Waals surface area contributed by atoms with Gasteiger partial charge in [-0.2, -0.15) is 0 Å². The van der Waals surface area contributed by atoms with Crippen LogP contribution in [0.5, 0.6) is 0 Å². The van der Waals surface area contributed by atoms with Crippen LogP contribution in [0, 0.1) is 0 Å². The van der Waals surface area contributed by atoms with E-state index in [9.17, 15) is 0 Å². The molecular weight excluding hydrogens is 671 g/mol. The Bertz CT molecular complexity index is 3220. The fraction of sp³-hybridized carbons (Fsp3) is 0. The molecule has 0 aliphatic rings. The van der Waals surface area contributed by atoms with Crippen LogP contribution in [0.4, 0.5) is 0 Å². The van der Waals surface area contributed by atoms with Crippen molar-refractivity contribution in [3.8, 4) is 51.1 Å². The molecule has 5 heteroatoms. The van der Waals surface area contributed by atoms with Gasteiger partial charge >= 0.3 is 0 Å². The minimum absolute atomic E-state index is 0.605. The van der Waals surface area contributed by atoms with Gasteiger partial charge in [0.1, 0.15) is 5.65 Å². The van der Waals surface area contributed by atoms with E-state index in [1.807, 2.05) is 36.4 Å². The first kappa shape index (κ1) is 31.1. The molecule has 11 rings (SSSR count). The number of para-hydroxylation sites is 1. The van der Waals surface area contributed by atoms with Crippen molar-refractivity contribution in [1.29, 1.82) is 0 Å². The molecule has 3 heterocycles. The second-order valence-corrected chi connectivity index (χ2v) is 13.9. The molecule has 256 valence electrons. The SMILES string of the molecule is c1ccc(-c2ccc3c4ccccc4n(-c4cccc(-c5nc(-c6ccccc6)nc(-c6ccc7c8ccccc8c8ccccc8c7c6)n5)c4)c3n2)cc1. The molecule has 11 aromatic rings. The highest BCUT2D eigenvalue weighted by atomic mass is 15.1. The Morgan fingerprint density at radius 2 is 0.782 bits per heavy atom. The molecule has 8 aromatic carbocycles. The summed E-state index contributed by atoms with van der Waals surface area (Å²) in [6.07, 6.45) is 0. The number of hydrogen-bond donors (Lipinski definition) is 0. The van der Waals surface area contributed by atoms with Crippen LogP contribution >= 0.6 is 0 Å². The lowest BCUT2D eigenvalue weighted by Gasteiger charge is -2.13. The van der Waals surface area contributed by atoms with Crippen molar-refractivity contribution in [3.63, 3.8) is 0 Å². The summed E-state index contributed by atoms with van der Waals surface area (Å²) >= 11 is 0. The fourth-order valence-electron chi connectivity index (χ4n) is 8.05. The average Bonchev–Trinajstić information content (AvgIpc) is 3.60. The maximum absolute atomic E-state index is 5.26. The van der Waals surface area contributed by atoms with Crippen LogP contribution in [-0.2, 0) is 0 Å². The van der Waals surface area contributed by atoms with Crippen LogP contribution in [0.1, 0.15) is 0 Å². The van der Waals surface area contributed by atoms with Gasteiger partial charge in [0.05, 0.1) is 11.2 Å². The van der Waals surface area contributed by atoms with Crippen LogP contribution in [-0.4, -0.2) is 24.5 Å². The van der Waals surface area contributed by atoms with Gasteiger partial charge in [-0.25, -0.2) is 19.9 Å². The van der Waals surface area contributed by atoms with Crippen molar-refractivity contribution in [2.75, 3.05) is 0 Å². The summed E-state index contributed by atoms with van der Waals surface area (Å²) in [7, 11) is 0. The normalized spacial score (nSPS) is 11.6. The van der Waals surface area contributed by atoms with Gasteiger partial charge in [-0.3, -0.25) is 4.57 Å². The Balaban J connectivity index is 1.11. The Morgan fingerprint density at radius 1 is 0.291 bits per heavy atom. The highest BCUT2D eigenvalue weighted by Crippen LogP contribution is 2.38. The van der Waals surface area contributed by atoms with Crippen molar-refractivity contribution in [1.82, 2.24) is 24.5 Å². The molecule has 0 aliphatic heterocycles. The molecule has 0 saturated heterocycles. The van der Waals surface area contributed by atoms with Crippen LogP contribution in [0.25, 0.3) is 105 Å². The zero-order valence-corrected chi connectivity index (χ0v) is 29.6. The number of hydrogen-bond acceptors (Lipinski definition) is 4. The maximum Gasteiger partial charge on any atom is 0.164 e. The molecule has 0 atom stereocenters. The first-order chi connectivity index (χ1) is 27.3. The van der Waals surface area contributed by atoms with Crippen LogP contribution in [0.15, 0.2) is 188 Å². The summed E-state index contributed by atoms with van der Waals surface area (Å²) in [6.45, 7) is 0. The molecule has 3 aromatic heterocycles. The highest BCUT2D eigenvalue weighted by Gasteiger charge is 2.18. The van der Waals surface area contributed by atoms with Crippen molar-refractivity contribution >= 4 is 54.3 Å². The van der Waals surface area contributed by atoms with E-state index >= 15 is 0 Å². The van der Waals surface area contributed by atoms with Crippen LogP contribution < -0.4 is 0 Å². The Kier molecular flexibility index (Phi) is 7.10. The number of pyridine rings is 1. The van der Waals surface area contributed by atoms with Crippen molar-refractivity contribution in [2.24, 2.45) is 0 Å². The Hall–Kier alpha value is -7.50. The predicted octanol–water partition coefficient (Wildman–Crippen LogP) is 12.5. The van der Waals surface area contributed by atoms with Gasteiger partial charge in [-0.15, -0.1) is 0 Å². The van der Waals surface area contributed by atoms with E-state index in [1.165, 1.54) is 32.3 Å². The van der Waals surface area contributed by atoms with Gasteiger partial charge in [-0.1, -0.05) is 152 Å². The van der Waals surface area contributed by atoms with Gasteiger partial charge in [0.2, 0.25) is 0 Å². The number of fused-ring (bicyclic) bond motifs is 9. The van der Waals surface area contributed by atoms with Crippen molar-refractivity contribution in [2.45, 2.75) is 0 Å². The second-order valence-electron chi connectivity index (χ2n) is 13.9. The topological polar surface area (TPSA) is 56.5 Å². The smallest absolute Gasteiger partial charge is 0.164 e. The summed E-state index contributed by atoms with van der Waals surface area (Å²) in [5.74, 6) is 1.85. The molecule has 55 heavy (non-hydrogen) atoms. The number of rotatable bonds is 5. The Labute approximate surface area is 316 Å². The standard InChI is InChI=1S/C50H31N5/c1-3-14-32(15-4-1)45-29-28-43-42-24-11-12-25-46(42)55(50(43)51-45)36-19-13-18-34(30-36)48-52-47(33-16-5-2-6-17-33)53-49(54-48)35-26-27-41-39-22-8-7-20-37(39)38-21-9-10-23-40(38)44(41)31-35/h1-31H. The highest BCUT2D eigenvalue weighted by molar-refractivity contribution is 6.25. The molecule has 0 aliphatic carbocycles. The van der Waals surface area contributed by atoms with Crippen molar-refractivity contribution < 1.29 is 0 Å². The lowest BCUT2D eigenvalue weighted by Crippen LogP contribution is -2.01. The minimum Gasteiger partial charge on any atom is -0.294 e. The summed E-state index contributed by atoms with van der Waals surface area (Å²) in [5, 5.41) is 9.56. The van der Waals surface area contributed by atoms with Crippen molar-refractivity contribution in [3.05, 3.63) is 188 Å². The van der Waals surface area contributed by atoms with Gasteiger partial charge in [-0.05, 0) is 68.7 Å². The van der Waals surface area contributed by atoms with E-state index in [-0.39, 0.29) is 0 Å². The summed E-state index contributed by atoms with van der Waals surface area (Å²) < 4.78 is 2.25. The largest absolute Gasteiger partial charge is 0.294 e. The first-order valence-corrected chi connectivity index (χ1v) is 18.5. The van der Waals surface area contributed by atoms with E-state index in [2.05, 4.69) is 156 Å². The van der Waals surface area contributed by atoms with E-state index in [4.69, 9.17) is 19.9 Å². The molecular formula is C50H31N5. The van der Waals surface area contributed by atoms with Crippen LogP contribution in [0.2, 0.25) is 0 Å². The quantitative estimate of drug-likeness (QED) is 0.168. The predicted molar refractivity (Wildman–Crippen MR) is 226 cm³/mol. The van der Waals surface area contributed by atoms with Gasteiger partial charge in [0.25, 0.3) is 0 Å². The summed E-state index contributed by atoms with van der Waals surface area (Å²) in [4.78, 5) is 20.7. The molecule has 5 nitrogen and oxygen atoms in total. The maximum atomic E-state index is 5.26. The van der Waals surface area contributed by atoms with Gasteiger partial charge in [0, 0.05) is 38.7 Å². The molecule has 0 spiro atoms. The zero-order chi connectivity index (χ0) is 36.3. The zero-order valence-electron chi connectivity index (χ0n) is 29.6. The number of nitrogens with zero attached hydrogens (tertiary/aromatic N) is 5. The third-order valence-electron chi connectivity index (χ3n) is 10.6. The van der Waals surface area contributed by atoms with Gasteiger partial charge < -0.3 is 0 Å². The number of aromatic nitrogens is 5. The third kappa shape index (κ3) is 5.17. The first-order valence-electron chi connectivity index (χ1n) is 18.5. The lowest BCUT2D eigenvalue weighted by molar-refractivity contribution is 1.07. The fourth-order valence-corrected chi connectivity index (χ4v) is 8.05. The summed E-state index contributed by atoms with van der Waals surface area (Å²) in [6, 6.07) is 65.6. The molecule has 0 unspecified atom stereocenters. The third-order valence-corrected chi connectivity index (χ3v) is 10.6. The molecule has 0 saturated carbocycles. The Morgan fingerprint density at radius 3 is 1.45 bits per heavy atom. The van der Waals surface area contributed by atoms with E-state index in [1.54, 1.807) is 0 Å². The summed E-state index contributed by atoms with van der Waals surface area (Å²) in [5.41, 5.74) is 7.73. The molecule has 0 amide bonds. The minimum atomic E-state index is 0.605.